The molecule has 4 fully saturated rings. The average molecular weight is 1250 g/mol. The Labute approximate surface area is 535 Å². The molecule has 4 aromatic carbocycles. The van der Waals surface area contributed by atoms with Crippen LogP contribution in [0.5, 0.6) is 0 Å². The van der Waals surface area contributed by atoms with Gasteiger partial charge in [0.2, 0.25) is 47.3 Å². The summed E-state index contributed by atoms with van der Waals surface area (Å²) in [6.45, 7) is 5.35. The monoisotopic (exact) mass is 1240 g/mol. The minimum absolute atomic E-state index is 0.00819. The summed E-state index contributed by atoms with van der Waals surface area (Å²) >= 11 is 0. The number of carbonyl (C=O) groups is 9. The number of likely N-dealkylation sites (N-methyl/N-ethyl adjacent to an activating group) is 2. The topological polar surface area (TPSA) is 280 Å². The standard InChI is InChI=1S/C70H92N12O9/c1-5-55(71-3)63(85)78-61-49(45-73-43-47-23-13-9-14-24-47)33-35-54-38-40-58(82(54)67(61)89)66(88)80-70(51-27-17-11-18-28-51,52-29-19-12-20-30-52)69(91)75-42-41-74-59(83)31-21-7-8-22-32-60(84)76-46-50-34-36-53-37-39-57(65(87)77-44-48-25-15-10-16-26-48)81(53)68(90)62(50)79-64(86)56(6-2)72-4/h9-20,23-30,49-50,53-58,61-62,71-73H,5-6,21-22,31-46H2,1-4H3,(H,74,83)(H,75,91)(H,76,84)(H,77,87)(H,78,85)(H,79,86)(H,80,88)/t49-,50-,53+,54+,55+,56+,57+,58+,61+,62+/m1/s1. The van der Waals surface area contributed by atoms with Crippen LogP contribution in [-0.2, 0) is 61.8 Å². The van der Waals surface area contributed by atoms with Crippen LogP contribution < -0.4 is 53.2 Å². The third-order valence-electron chi connectivity index (χ3n) is 18.4. The molecule has 0 aliphatic carbocycles. The lowest BCUT2D eigenvalue weighted by Crippen LogP contribution is -2.63. The lowest BCUT2D eigenvalue weighted by Gasteiger charge is -2.38. The smallest absolute Gasteiger partial charge is 0.255 e. The molecule has 486 valence electrons. The molecule has 0 aromatic heterocycles. The summed E-state index contributed by atoms with van der Waals surface area (Å²) in [4.78, 5) is 130. The summed E-state index contributed by atoms with van der Waals surface area (Å²) in [5.41, 5.74) is 1.22. The summed E-state index contributed by atoms with van der Waals surface area (Å²) < 4.78 is 0. The van der Waals surface area contributed by atoms with Gasteiger partial charge in [-0.3, -0.25) is 43.2 Å². The maximum absolute atomic E-state index is 15.1. The molecular weight excluding hydrogens is 1150 g/mol. The van der Waals surface area contributed by atoms with Crippen molar-refractivity contribution >= 4 is 53.2 Å². The van der Waals surface area contributed by atoms with E-state index in [0.29, 0.717) is 95.0 Å². The highest BCUT2D eigenvalue weighted by molar-refractivity contribution is 6.00. The summed E-state index contributed by atoms with van der Waals surface area (Å²) in [5, 5.41) is 30.6. The molecule has 0 spiro atoms. The van der Waals surface area contributed by atoms with E-state index in [1.165, 1.54) is 0 Å². The molecule has 4 aliphatic heterocycles. The first-order valence-electron chi connectivity index (χ1n) is 32.6. The fraction of sp³-hybridized carbons (Fsp3) is 0.500. The first-order valence-corrected chi connectivity index (χ1v) is 32.6. The number of hydrogen-bond donors (Lipinski definition) is 10. The highest BCUT2D eigenvalue weighted by Crippen LogP contribution is 2.38. The maximum Gasteiger partial charge on any atom is 0.255 e. The van der Waals surface area contributed by atoms with Crippen molar-refractivity contribution < 1.29 is 43.2 Å². The van der Waals surface area contributed by atoms with E-state index in [-0.39, 0.29) is 105 Å². The van der Waals surface area contributed by atoms with Crippen LogP contribution in [0.2, 0.25) is 0 Å². The van der Waals surface area contributed by atoms with Gasteiger partial charge < -0.3 is 63.0 Å². The van der Waals surface area contributed by atoms with Gasteiger partial charge in [-0.15, -0.1) is 11.8 Å². The minimum Gasteiger partial charge on any atom is -0.356 e. The fourth-order valence-corrected chi connectivity index (χ4v) is 13.4. The minimum atomic E-state index is -1.77. The van der Waals surface area contributed by atoms with Gasteiger partial charge in [0.25, 0.3) is 5.91 Å². The van der Waals surface area contributed by atoms with Crippen molar-refractivity contribution in [2.75, 3.05) is 40.3 Å². The Kier molecular flexibility index (Phi) is 25.7. The summed E-state index contributed by atoms with van der Waals surface area (Å²) in [7, 11) is 3.39. The molecule has 0 saturated carbocycles. The average Bonchev–Trinajstić information content (AvgIpc) is 1.70. The van der Waals surface area contributed by atoms with Crippen molar-refractivity contribution in [3.8, 4) is 11.8 Å². The lowest BCUT2D eigenvalue weighted by atomic mass is 9.81. The molecule has 10 atom stereocenters. The Morgan fingerprint density at radius 2 is 0.934 bits per heavy atom. The van der Waals surface area contributed by atoms with E-state index in [1.54, 1.807) is 72.4 Å². The third-order valence-corrected chi connectivity index (χ3v) is 18.4. The maximum atomic E-state index is 15.1. The molecular formula is C70H92N12O9. The third kappa shape index (κ3) is 17.7. The second kappa shape index (κ2) is 34.1. The molecule has 4 aromatic rings. The Morgan fingerprint density at radius 1 is 0.505 bits per heavy atom. The van der Waals surface area contributed by atoms with E-state index in [4.69, 9.17) is 0 Å². The van der Waals surface area contributed by atoms with E-state index < -0.39 is 59.5 Å². The zero-order valence-corrected chi connectivity index (χ0v) is 53.0. The molecule has 9 amide bonds. The van der Waals surface area contributed by atoms with Gasteiger partial charge in [0.05, 0.1) is 12.1 Å². The van der Waals surface area contributed by atoms with Gasteiger partial charge in [0.15, 0.2) is 5.54 Å². The van der Waals surface area contributed by atoms with Crippen LogP contribution in [0, 0.1) is 23.7 Å². The van der Waals surface area contributed by atoms with Crippen LogP contribution in [0.1, 0.15) is 126 Å². The van der Waals surface area contributed by atoms with E-state index in [9.17, 15) is 28.8 Å². The quantitative estimate of drug-likeness (QED) is 0.0276. The van der Waals surface area contributed by atoms with Crippen LogP contribution in [-0.4, -0.2) is 152 Å². The second-order valence-corrected chi connectivity index (χ2v) is 24.2. The van der Waals surface area contributed by atoms with Crippen molar-refractivity contribution in [1.29, 1.82) is 0 Å². The molecule has 0 unspecified atom stereocenters. The molecule has 0 bridgehead atoms. The molecule has 4 saturated heterocycles. The highest BCUT2D eigenvalue weighted by atomic mass is 16.2. The van der Waals surface area contributed by atoms with Crippen molar-refractivity contribution in [1.82, 2.24) is 63.0 Å². The Bertz CT molecular complexity index is 3120. The van der Waals surface area contributed by atoms with Crippen LogP contribution in [0.15, 0.2) is 121 Å². The highest BCUT2D eigenvalue weighted by Gasteiger charge is 2.52. The zero-order chi connectivity index (χ0) is 64.7. The van der Waals surface area contributed by atoms with Crippen LogP contribution >= 0.6 is 0 Å². The van der Waals surface area contributed by atoms with E-state index >= 15 is 14.4 Å². The van der Waals surface area contributed by atoms with Gasteiger partial charge in [-0.1, -0.05) is 135 Å². The van der Waals surface area contributed by atoms with Crippen LogP contribution in [0.4, 0.5) is 0 Å². The Balaban J connectivity index is 0.842. The summed E-state index contributed by atoms with van der Waals surface area (Å²) in [6, 6.07) is 32.4. The van der Waals surface area contributed by atoms with E-state index in [1.807, 2.05) is 86.6 Å². The van der Waals surface area contributed by atoms with Crippen molar-refractivity contribution in [2.24, 2.45) is 11.8 Å². The number of benzene rings is 4. The van der Waals surface area contributed by atoms with Gasteiger partial charge >= 0.3 is 0 Å². The van der Waals surface area contributed by atoms with E-state index in [0.717, 1.165) is 11.1 Å². The summed E-state index contributed by atoms with van der Waals surface area (Å²) in [6.07, 6.45) is 6.09. The van der Waals surface area contributed by atoms with Gasteiger partial charge in [0.1, 0.15) is 24.2 Å². The number of nitrogens with zero attached hydrogens (tertiary/aromatic N) is 2. The van der Waals surface area contributed by atoms with Gasteiger partial charge in [-0.25, -0.2) is 0 Å². The van der Waals surface area contributed by atoms with Gasteiger partial charge in [0, 0.05) is 88.9 Å². The zero-order valence-electron chi connectivity index (χ0n) is 53.0. The number of fused-ring (bicyclic) bond motifs is 2. The first kappa shape index (κ1) is 68.5. The largest absolute Gasteiger partial charge is 0.356 e. The number of nitrogens with one attached hydrogen (secondary N) is 10. The molecule has 8 rings (SSSR count). The Hall–Kier alpha value is -8.45. The van der Waals surface area contributed by atoms with Crippen molar-refractivity contribution in [3.05, 3.63) is 144 Å². The van der Waals surface area contributed by atoms with Crippen molar-refractivity contribution in [3.63, 3.8) is 0 Å². The Morgan fingerprint density at radius 3 is 1.42 bits per heavy atom. The number of hydrogen-bond acceptors (Lipinski definition) is 12. The normalized spacial score (nSPS) is 21.8. The van der Waals surface area contributed by atoms with E-state index in [2.05, 4.69) is 65.0 Å². The second-order valence-electron chi connectivity index (χ2n) is 24.2. The lowest BCUT2D eigenvalue weighted by molar-refractivity contribution is -0.145. The van der Waals surface area contributed by atoms with Crippen LogP contribution in [0.3, 0.4) is 0 Å². The molecule has 4 heterocycles. The fourth-order valence-electron chi connectivity index (χ4n) is 13.4. The van der Waals surface area contributed by atoms with Gasteiger partial charge in [-0.2, -0.15) is 0 Å². The van der Waals surface area contributed by atoms with Crippen molar-refractivity contribution in [2.45, 2.75) is 171 Å². The van der Waals surface area contributed by atoms with Gasteiger partial charge in [-0.05, 0) is 101 Å². The molecule has 10 N–H and O–H groups in total. The summed E-state index contributed by atoms with van der Waals surface area (Å²) in [5.74, 6) is 2.10. The molecule has 21 nitrogen and oxygen atoms in total. The molecule has 4 aliphatic rings. The molecule has 21 heteroatoms. The van der Waals surface area contributed by atoms with Crippen LogP contribution in [0.25, 0.3) is 0 Å². The first-order chi connectivity index (χ1) is 44.2. The predicted octanol–water partition coefficient (Wildman–Crippen LogP) is 3.57. The number of amides is 9. The molecule has 91 heavy (non-hydrogen) atoms. The predicted molar refractivity (Wildman–Crippen MR) is 346 cm³/mol. The number of carbonyl (C=O) groups excluding carboxylic acids is 9. The SMILES string of the molecule is CC[C@H](NC)C(=O)N[C@@H]1C(=O)N2[C@@H](CC[C@@H]1CNC(=O)CCC#CCCC(=O)NCCNC(=O)C(NC(=O)[C@@H]1CC[C@@H]3CC[C@H](CNCc4ccccc4)[C@H](NC(=O)[C@H](CC)NC)C(=O)N31)(c1ccccc1)c1ccccc1)CC[C@H]2C(=O)NCc1ccccc1. The number of rotatable bonds is 29. The molecule has 0 radical (unpaired) electrons.